The van der Waals surface area contributed by atoms with E-state index >= 15 is 0 Å². The molecule has 0 saturated heterocycles. The monoisotopic (exact) mass is 844 g/mol. The Morgan fingerprint density at radius 1 is 0.322 bits per heavy atom. The van der Waals surface area contributed by atoms with Gasteiger partial charge in [-0.15, -0.1) is 0 Å². The largest absolute Gasteiger partial charge is 0.179 e. The van der Waals surface area contributed by atoms with Crippen molar-refractivity contribution < 1.29 is 0 Å². The first-order valence-corrected chi connectivity index (χ1v) is 25.7. The summed E-state index contributed by atoms with van der Waals surface area (Å²) in [6.07, 6.45) is 0. The lowest BCUT2D eigenvalue weighted by atomic mass is 9.82. The topological polar surface area (TPSA) is 0 Å². The van der Waals surface area contributed by atoms with Crippen LogP contribution in [0.2, 0.25) is 0 Å². The lowest BCUT2D eigenvalue weighted by Gasteiger charge is -2.36. The Kier molecular flexibility index (Phi) is 8.10. The summed E-state index contributed by atoms with van der Waals surface area (Å²) < 4.78 is 0. The van der Waals surface area contributed by atoms with Gasteiger partial charge in [-0.3, -0.25) is 0 Å². The molecule has 8 aromatic carbocycles. The van der Waals surface area contributed by atoms with Gasteiger partial charge in [-0.05, 0) is 90.5 Å². The zero-order valence-corrected chi connectivity index (χ0v) is 37.6. The Morgan fingerprint density at radius 3 is 1.10 bits per heavy atom. The van der Waals surface area contributed by atoms with Crippen LogP contribution in [0.25, 0.3) is 22.3 Å². The summed E-state index contributed by atoms with van der Waals surface area (Å²) in [5, 5.41) is 5.69. The molecule has 5 heteroatoms. The van der Waals surface area contributed by atoms with Crippen LogP contribution in [0.1, 0.15) is 49.9 Å². The summed E-state index contributed by atoms with van der Waals surface area (Å²) >= 11 is 7.73. The highest BCUT2D eigenvalue weighted by Crippen LogP contribution is 2.60. The highest BCUT2D eigenvalue weighted by Gasteiger charge is 2.47. The summed E-state index contributed by atoms with van der Waals surface area (Å²) in [6.45, 7) is 9.78. The molecule has 0 spiro atoms. The number of hydrogen-bond acceptors (Lipinski definition) is 4. The van der Waals surface area contributed by atoms with Gasteiger partial charge < -0.3 is 0 Å². The van der Waals surface area contributed by atoms with Gasteiger partial charge in [-0.25, -0.2) is 0 Å². The Labute approximate surface area is 365 Å². The normalized spacial score (nSPS) is 15.8. The second-order valence-electron chi connectivity index (χ2n) is 17.2. The van der Waals surface area contributed by atoms with Crippen LogP contribution >= 0.6 is 47.0 Å². The van der Waals surface area contributed by atoms with E-state index in [1.807, 2.05) is 47.0 Å². The average molecular weight is 845 g/mol. The van der Waals surface area contributed by atoms with E-state index in [-0.39, 0.29) is 10.8 Å². The highest BCUT2D eigenvalue weighted by molar-refractivity contribution is 8.05. The fourth-order valence-electron chi connectivity index (χ4n) is 10.5. The molecule has 8 aromatic rings. The van der Waals surface area contributed by atoms with Crippen molar-refractivity contribution in [1.82, 2.24) is 0 Å². The third kappa shape index (κ3) is 5.15. The van der Waals surface area contributed by atoms with Crippen LogP contribution in [0, 0.1) is 0 Å². The molecule has 2 aliphatic carbocycles. The second-order valence-corrected chi connectivity index (χ2v) is 25.3. The molecule has 4 aliphatic rings. The van der Waals surface area contributed by atoms with Gasteiger partial charge in [0.1, 0.15) is 0 Å². The fourth-order valence-corrected chi connectivity index (χ4v) is 20.0. The fraction of sp³-hybridized carbons (Fsp3) is 0.111. The predicted molar refractivity (Wildman–Crippen MR) is 255 cm³/mol. The van der Waals surface area contributed by atoms with E-state index in [4.69, 9.17) is 0 Å². The molecule has 0 nitrogen and oxygen atoms in total. The number of fused-ring (bicyclic) bond motifs is 12. The van der Waals surface area contributed by atoms with E-state index in [2.05, 4.69) is 198 Å². The minimum Gasteiger partial charge on any atom is -0.0877 e. The Balaban J connectivity index is 1.08. The maximum atomic E-state index is 2.64. The van der Waals surface area contributed by atoms with Crippen LogP contribution in [0.15, 0.2) is 209 Å². The van der Waals surface area contributed by atoms with E-state index in [1.54, 1.807) is 0 Å². The zero-order chi connectivity index (χ0) is 39.7. The summed E-state index contributed by atoms with van der Waals surface area (Å²) in [6, 6.07) is 65.6. The molecule has 59 heavy (non-hydrogen) atoms. The lowest BCUT2D eigenvalue weighted by molar-refractivity contribution is 0.659. The van der Waals surface area contributed by atoms with Crippen LogP contribution in [-0.2, 0) is 10.8 Å². The van der Waals surface area contributed by atoms with Crippen molar-refractivity contribution in [3.8, 4) is 22.3 Å². The van der Waals surface area contributed by atoms with Gasteiger partial charge in [0.2, 0.25) is 0 Å². The second kappa shape index (κ2) is 13.2. The lowest BCUT2D eigenvalue weighted by Crippen LogP contribution is -2.75. The number of rotatable bonds is 4. The maximum Gasteiger partial charge on any atom is 0.179 e. The summed E-state index contributed by atoms with van der Waals surface area (Å²) in [4.78, 5) is 10.9. The minimum absolute atomic E-state index is 0.152. The van der Waals surface area contributed by atoms with Crippen molar-refractivity contribution in [3.63, 3.8) is 0 Å². The summed E-state index contributed by atoms with van der Waals surface area (Å²) in [5.74, 6) is 0. The molecule has 12 rings (SSSR count). The van der Waals surface area contributed by atoms with Crippen LogP contribution < -0.4 is 20.7 Å². The third-order valence-corrected chi connectivity index (χ3v) is 23.3. The molecule has 284 valence electrons. The predicted octanol–water partition coefficient (Wildman–Crippen LogP) is 12.9. The van der Waals surface area contributed by atoms with Crippen LogP contribution in [-0.4, -0.2) is 8.07 Å². The molecule has 0 atom stereocenters. The van der Waals surface area contributed by atoms with Gasteiger partial charge in [0, 0.05) is 61.1 Å². The van der Waals surface area contributed by atoms with Crippen LogP contribution in [0.4, 0.5) is 0 Å². The molecular weight excluding hydrogens is 805 g/mol. The van der Waals surface area contributed by atoms with Crippen molar-refractivity contribution in [2.45, 2.75) is 77.7 Å². The standard InChI is InChI=1S/C54H40S4Si/c1-53(2)39-27-29-47-51(57-45-21-13-11-19-43(45)55-47)49(39)37-25-23-35(31-41(37)53)59(33-15-7-5-8-16-33,34-17-9-6-10-18-34)36-24-26-38-42(32-36)54(3,4)40-28-30-48-52(50(38)40)58-46-22-14-12-20-44(46)56-48/h5-32H,1-4H3. The van der Waals surface area contributed by atoms with Gasteiger partial charge in [0.15, 0.2) is 8.07 Å². The van der Waals surface area contributed by atoms with Gasteiger partial charge in [-0.1, -0.05) is 208 Å². The first-order chi connectivity index (χ1) is 28.7. The number of hydrogen-bond donors (Lipinski definition) is 0. The van der Waals surface area contributed by atoms with E-state index < -0.39 is 8.07 Å². The summed E-state index contributed by atoms with van der Waals surface area (Å²) in [7, 11) is -2.89. The Bertz CT molecular complexity index is 2850. The molecule has 0 saturated carbocycles. The van der Waals surface area contributed by atoms with Gasteiger partial charge >= 0.3 is 0 Å². The quantitative estimate of drug-likeness (QED) is 0.128. The van der Waals surface area contributed by atoms with Crippen molar-refractivity contribution >= 4 is 75.9 Å². The third-order valence-electron chi connectivity index (χ3n) is 13.4. The first kappa shape index (κ1) is 36.2. The Morgan fingerprint density at radius 2 is 0.695 bits per heavy atom. The molecule has 0 amide bonds. The minimum atomic E-state index is -2.89. The van der Waals surface area contributed by atoms with Crippen LogP contribution in [0.3, 0.4) is 0 Å². The van der Waals surface area contributed by atoms with Crippen molar-refractivity contribution in [1.29, 1.82) is 0 Å². The van der Waals surface area contributed by atoms with Crippen LogP contribution in [0.5, 0.6) is 0 Å². The van der Waals surface area contributed by atoms with Gasteiger partial charge in [-0.2, -0.15) is 0 Å². The van der Waals surface area contributed by atoms with Gasteiger partial charge in [0.05, 0.1) is 0 Å². The molecule has 0 N–H and O–H groups in total. The van der Waals surface area contributed by atoms with Crippen molar-refractivity contribution in [2.24, 2.45) is 0 Å². The molecule has 0 radical (unpaired) electrons. The molecule has 0 aromatic heterocycles. The SMILES string of the molecule is CC1(C)c2cc([Si](c3ccccc3)(c3ccccc3)c3ccc4c(c3)C(C)(C)c3ccc5c(c3-4)Sc3ccccc3S5)ccc2-c2c1ccc1c2Sc2ccccc2S1. The maximum absolute atomic E-state index is 2.89. The van der Waals surface area contributed by atoms with Gasteiger partial charge in [0.25, 0.3) is 0 Å². The molecule has 0 unspecified atom stereocenters. The van der Waals surface area contributed by atoms with Crippen molar-refractivity contribution in [2.75, 3.05) is 0 Å². The number of benzene rings is 8. The van der Waals surface area contributed by atoms with E-state index in [0.717, 1.165) is 0 Å². The Hall–Kier alpha value is -4.62. The smallest absolute Gasteiger partial charge is 0.0877 e. The molecule has 2 heterocycles. The average Bonchev–Trinajstić information content (AvgIpc) is 3.65. The van der Waals surface area contributed by atoms with E-state index in [1.165, 1.54) is 104 Å². The molecule has 0 bridgehead atoms. The van der Waals surface area contributed by atoms with E-state index in [9.17, 15) is 0 Å². The van der Waals surface area contributed by atoms with E-state index in [0.29, 0.717) is 0 Å². The molecular formula is C54H40S4Si. The van der Waals surface area contributed by atoms with Crippen molar-refractivity contribution in [3.05, 3.63) is 192 Å². The zero-order valence-electron chi connectivity index (χ0n) is 33.3. The summed E-state index contributed by atoms with van der Waals surface area (Å²) in [5.41, 5.74) is 11.0. The highest BCUT2D eigenvalue weighted by atomic mass is 32.2. The molecule has 2 aliphatic heterocycles. The molecule has 0 fully saturated rings. The first-order valence-electron chi connectivity index (χ1n) is 20.4.